The van der Waals surface area contributed by atoms with Gasteiger partial charge in [-0.15, -0.1) is 0 Å². The topological polar surface area (TPSA) is 56.2 Å². The van der Waals surface area contributed by atoms with Crippen molar-refractivity contribution in [1.29, 1.82) is 0 Å². The number of aromatic nitrogens is 2. The van der Waals surface area contributed by atoms with E-state index < -0.39 is 0 Å². The molecule has 0 bridgehead atoms. The first-order valence-electron chi connectivity index (χ1n) is 6.97. The lowest BCUT2D eigenvalue weighted by molar-refractivity contribution is 0.566. The zero-order valence-electron chi connectivity index (χ0n) is 11.5. The van der Waals surface area contributed by atoms with Gasteiger partial charge in [0.05, 0.1) is 11.5 Å². The minimum atomic E-state index is 0.554. The van der Waals surface area contributed by atoms with E-state index in [-0.39, 0.29) is 0 Å². The molecule has 2 N–H and O–H groups in total. The number of amidine groups is 1. The van der Waals surface area contributed by atoms with E-state index in [0.717, 1.165) is 31.0 Å². The quantitative estimate of drug-likeness (QED) is 0.494. The molecular formula is C14H24N4. The lowest BCUT2D eigenvalue weighted by Gasteiger charge is -2.08. The maximum absolute atomic E-state index is 6.02. The molecule has 0 radical (unpaired) electrons. The summed E-state index contributed by atoms with van der Waals surface area (Å²) >= 11 is 0. The van der Waals surface area contributed by atoms with Crippen LogP contribution in [-0.4, -0.2) is 22.2 Å². The Bertz CT molecular complexity index is 413. The Morgan fingerprint density at radius 2 is 2.17 bits per heavy atom. The maximum atomic E-state index is 6.02. The summed E-state index contributed by atoms with van der Waals surface area (Å²) in [7, 11) is 0. The molecule has 2 rings (SSSR count). The molecule has 0 spiro atoms. The van der Waals surface area contributed by atoms with Gasteiger partial charge in [-0.1, -0.05) is 12.8 Å². The first-order chi connectivity index (χ1) is 8.66. The van der Waals surface area contributed by atoms with Crippen LogP contribution in [0.15, 0.2) is 11.1 Å². The average Bonchev–Trinajstić information content (AvgIpc) is 2.94. The molecule has 1 aliphatic carbocycles. The summed E-state index contributed by atoms with van der Waals surface area (Å²) in [5.41, 5.74) is 8.33. The van der Waals surface area contributed by atoms with Crippen LogP contribution in [0.5, 0.6) is 0 Å². The third-order valence-electron chi connectivity index (χ3n) is 3.70. The molecule has 0 aromatic carbocycles. The minimum absolute atomic E-state index is 0.554. The normalized spacial score (nSPS) is 17.6. The molecule has 1 fully saturated rings. The Labute approximate surface area is 109 Å². The Balaban J connectivity index is 1.75. The zero-order valence-corrected chi connectivity index (χ0v) is 11.5. The molecule has 0 amide bonds. The van der Waals surface area contributed by atoms with Gasteiger partial charge in [-0.2, -0.15) is 5.10 Å². The third-order valence-corrected chi connectivity index (χ3v) is 3.70. The number of nitrogens with zero attached hydrogens (tertiary/aromatic N) is 3. The van der Waals surface area contributed by atoms with Gasteiger partial charge in [0, 0.05) is 24.7 Å². The van der Waals surface area contributed by atoms with E-state index >= 15 is 0 Å². The average molecular weight is 248 g/mol. The molecule has 1 saturated carbocycles. The van der Waals surface area contributed by atoms with E-state index in [1.54, 1.807) is 0 Å². The number of aryl methyl sites for hydroxylation is 3. The molecule has 4 nitrogen and oxygen atoms in total. The van der Waals surface area contributed by atoms with Crippen molar-refractivity contribution < 1.29 is 0 Å². The number of hydrogen-bond donors (Lipinski definition) is 1. The second kappa shape index (κ2) is 6.03. The fraction of sp³-hybridized carbons (Fsp3) is 0.714. The smallest absolute Gasteiger partial charge is 0.0968 e. The molecule has 1 aromatic heterocycles. The number of aliphatic imine (C=N–C) groups is 1. The van der Waals surface area contributed by atoms with Crippen LogP contribution >= 0.6 is 0 Å². The molecule has 100 valence electrons. The monoisotopic (exact) mass is 248 g/mol. The van der Waals surface area contributed by atoms with Crippen molar-refractivity contribution in [3.05, 3.63) is 17.5 Å². The maximum Gasteiger partial charge on any atom is 0.0968 e. The highest BCUT2D eigenvalue weighted by Gasteiger charge is 2.17. The predicted octanol–water partition coefficient (Wildman–Crippen LogP) is 2.44. The van der Waals surface area contributed by atoms with Gasteiger partial charge in [0.2, 0.25) is 0 Å². The lowest BCUT2D eigenvalue weighted by atomic mass is 10.1. The Hall–Kier alpha value is -1.32. The summed E-state index contributed by atoms with van der Waals surface area (Å²) in [6.07, 6.45) is 6.09. The fourth-order valence-corrected chi connectivity index (χ4v) is 2.68. The highest BCUT2D eigenvalue weighted by Crippen LogP contribution is 2.24. The van der Waals surface area contributed by atoms with E-state index in [0.29, 0.717) is 5.92 Å². The Kier molecular flexibility index (Phi) is 4.39. The van der Waals surface area contributed by atoms with Gasteiger partial charge in [-0.05, 0) is 39.2 Å². The largest absolute Gasteiger partial charge is 0.387 e. The third kappa shape index (κ3) is 3.34. The van der Waals surface area contributed by atoms with Crippen molar-refractivity contribution in [2.45, 2.75) is 52.5 Å². The van der Waals surface area contributed by atoms with Crippen LogP contribution in [0.4, 0.5) is 0 Å². The number of nitrogens with two attached hydrogens (primary N) is 1. The summed E-state index contributed by atoms with van der Waals surface area (Å²) in [6.45, 7) is 5.87. The first-order valence-corrected chi connectivity index (χ1v) is 6.97. The van der Waals surface area contributed by atoms with Crippen molar-refractivity contribution in [2.24, 2.45) is 16.6 Å². The molecule has 0 atom stereocenters. The van der Waals surface area contributed by atoms with Gasteiger partial charge in [-0.3, -0.25) is 9.67 Å². The zero-order chi connectivity index (χ0) is 13.0. The van der Waals surface area contributed by atoms with Crippen LogP contribution in [0.2, 0.25) is 0 Å². The molecule has 4 heteroatoms. The predicted molar refractivity (Wildman–Crippen MR) is 74.8 cm³/mol. The second-order valence-corrected chi connectivity index (χ2v) is 5.29. The van der Waals surface area contributed by atoms with Crippen LogP contribution < -0.4 is 5.73 Å². The summed E-state index contributed by atoms with van der Waals surface area (Å²) < 4.78 is 2.05. The summed E-state index contributed by atoms with van der Waals surface area (Å²) in [5, 5.41) is 4.44. The van der Waals surface area contributed by atoms with E-state index in [4.69, 9.17) is 5.73 Å². The highest BCUT2D eigenvalue weighted by molar-refractivity contribution is 5.83. The van der Waals surface area contributed by atoms with Crippen molar-refractivity contribution in [2.75, 3.05) is 6.54 Å². The van der Waals surface area contributed by atoms with Crippen LogP contribution in [-0.2, 0) is 6.54 Å². The Morgan fingerprint density at radius 3 is 2.78 bits per heavy atom. The van der Waals surface area contributed by atoms with E-state index in [9.17, 15) is 0 Å². The molecular weight excluding hydrogens is 224 g/mol. The van der Waals surface area contributed by atoms with Crippen molar-refractivity contribution in [1.82, 2.24) is 9.78 Å². The van der Waals surface area contributed by atoms with E-state index in [1.165, 1.54) is 31.4 Å². The van der Waals surface area contributed by atoms with Crippen molar-refractivity contribution >= 4 is 5.84 Å². The molecule has 0 unspecified atom stereocenters. The summed E-state index contributed by atoms with van der Waals surface area (Å²) in [6, 6.07) is 2.11. The lowest BCUT2D eigenvalue weighted by Crippen LogP contribution is -2.21. The van der Waals surface area contributed by atoms with E-state index in [2.05, 4.69) is 27.8 Å². The van der Waals surface area contributed by atoms with Crippen LogP contribution in [0, 0.1) is 19.8 Å². The van der Waals surface area contributed by atoms with Gasteiger partial charge in [0.25, 0.3) is 0 Å². The van der Waals surface area contributed by atoms with Gasteiger partial charge in [0.15, 0.2) is 0 Å². The van der Waals surface area contributed by atoms with Gasteiger partial charge in [-0.25, -0.2) is 0 Å². The fourth-order valence-electron chi connectivity index (χ4n) is 2.68. The second-order valence-electron chi connectivity index (χ2n) is 5.29. The van der Waals surface area contributed by atoms with E-state index in [1.807, 2.05) is 6.92 Å². The Morgan fingerprint density at radius 1 is 1.44 bits per heavy atom. The highest BCUT2D eigenvalue weighted by atomic mass is 15.3. The molecule has 1 heterocycles. The molecule has 1 aliphatic rings. The van der Waals surface area contributed by atoms with Crippen LogP contribution in [0.25, 0.3) is 0 Å². The van der Waals surface area contributed by atoms with Gasteiger partial charge >= 0.3 is 0 Å². The first kappa shape index (κ1) is 13.1. The van der Waals surface area contributed by atoms with Gasteiger partial charge < -0.3 is 5.73 Å². The van der Waals surface area contributed by atoms with Crippen molar-refractivity contribution in [3.63, 3.8) is 0 Å². The van der Waals surface area contributed by atoms with Crippen molar-refractivity contribution in [3.8, 4) is 0 Å². The molecule has 1 aromatic rings. The summed E-state index contributed by atoms with van der Waals surface area (Å²) in [4.78, 5) is 4.51. The molecule has 18 heavy (non-hydrogen) atoms. The summed E-state index contributed by atoms with van der Waals surface area (Å²) in [5.74, 6) is 1.43. The van der Waals surface area contributed by atoms with Crippen LogP contribution in [0.3, 0.4) is 0 Å². The SMILES string of the molecule is Cc1cc(C)n(CCCN=C(N)C2CCCC2)n1. The van der Waals surface area contributed by atoms with Gasteiger partial charge in [0.1, 0.15) is 0 Å². The number of hydrogen-bond acceptors (Lipinski definition) is 2. The van der Waals surface area contributed by atoms with Crippen LogP contribution in [0.1, 0.15) is 43.5 Å². The molecule has 0 saturated heterocycles. The standard InChI is InChI=1S/C14H24N4/c1-11-10-12(2)18(17-11)9-5-8-16-14(15)13-6-3-4-7-13/h10,13H,3-9H2,1-2H3,(H2,15,16). The number of rotatable bonds is 5. The minimum Gasteiger partial charge on any atom is -0.387 e. The molecule has 0 aliphatic heterocycles.